The van der Waals surface area contributed by atoms with Gasteiger partial charge in [-0.2, -0.15) is 0 Å². The Hall–Kier alpha value is -1.26. The molecule has 0 aliphatic carbocycles. The predicted octanol–water partition coefficient (Wildman–Crippen LogP) is -0.394. The molecule has 0 aliphatic rings. The Morgan fingerprint density at radius 1 is 1.64 bits per heavy atom. The van der Waals surface area contributed by atoms with Gasteiger partial charge in [0.15, 0.2) is 0 Å². The number of primary amides is 1. The summed E-state index contributed by atoms with van der Waals surface area (Å²) in [6.45, 7) is 3.32. The minimum atomic E-state index is -0.831. The zero-order valence-corrected chi connectivity index (χ0v) is 6.59. The van der Waals surface area contributed by atoms with Gasteiger partial charge >= 0.3 is 6.09 Å². The van der Waals surface area contributed by atoms with E-state index < -0.39 is 6.09 Å². The van der Waals surface area contributed by atoms with E-state index in [0.29, 0.717) is 0 Å². The van der Waals surface area contributed by atoms with Crippen LogP contribution in [-0.2, 0) is 9.53 Å². The summed E-state index contributed by atoms with van der Waals surface area (Å²) in [6.07, 6.45) is -1.21. The quantitative estimate of drug-likeness (QED) is 0.589. The normalized spacial score (nSPS) is 11.8. The van der Waals surface area contributed by atoms with Crippen molar-refractivity contribution < 1.29 is 14.3 Å². The highest BCUT2D eigenvalue weighted by molar-refractivity contribution is 5.72. The zero-order chi connectivity index (χ0) is 8.85. The smallest absolute Gasteiger partial charge is 0.404 e. The molecule has 1 atom stereocenters. The Balaban J connectivity index is 3.44. The second kappa shape index (κ2) is 4.54. The molecule has 11 heavy (non-hydrogen) atoms. The van der Waals surface area contributed by atoms with Gasteiger partial charge in [0.25, 0.3) is 0 Å². The Kier molecular flexibility index (Phi) is 4.02. The van der Waals surface area contributed by atoms with E-state index in [-0.39, 0.29) is 18.6 Å². The van der Waals surface area contributed by atoms with Crippen molar-refractivity contribution in [1.82, 2.24) is 5.32 Å². The zero-order valence-electron chi connectivity index (χ0n) is 6.59. The van der Waals surface area contributed by atoms with Crippen LogP contribution in [0.4, 0.5) is 4.79 Å². The van der Waals surface area contributed by atoms with Crippen LogP contribution in [0.5, 0.6) is 0 Å². The van der Waals surface area contributed by atoms with E-state index in [1.807, 2.05) is 0 Å². The first kappa shape index (κ1) is 9.74. The molecule has 0 bridgehead atoms. The molecule has 0 rings (SSSR count). The third kappa shape index (κ3) is 6.63. The van der Waals surface area contributed by atoms with Crippen LogP contribution in [0.3, 0.4) is 0 Å². The van der Waals surface area contributed by atoms with Gasteiger partial charge in [-0.15, -0.1) is 0 Å². The molecule has 5 nitrogen and oxygen atoms in total. The fourth-order valence-electron chi connectivity index (χ4n) is 0.527. The van der Waals surface area contributed by atoms with Gasteiger partial charge in [-0.3, -0.25) is 4.79 Å². The molecular formula is C6H12N2O3. The molecule has 2 amide bonds. The number of rotatable bonds is 3. The van der Waals surface area contributed by atoms with Gasteiger partial charge in [0, 0.05) is 6.92 Å². The van der Waals surface area contributed by atoms with Crippen LogP contribution >= 0.6 is 0 Å². The molecule has 0 saturated heterocycles. The number of amides is 2. The Morgan fingerprint density at radius 3 is 2.55 bits per heavy atom. The molecule has 0 aromatic carbocycles. The van der Waals surface area contributed by atoms with Gasteiger partial charge in [-0.25, -0.2) is 4.79 Å². The van der Waals surface area contributed by atoms with Crippen LogP contribution in [0.15, 0.2) is 0 Å². The third-order valence-electron chi connectivity index (χ3n) is 0.956. The van der Waals surface area contributed by atoms with Crippen LogP contribution in [0, 0.1) is 0 Å². The van der Waals surface area contributed by atoms with E-state index in [4.69, 9.17) is 5.73 Å². The van der Waals surface area contributed by atoms with Crippen LogP contribution in [0.25, 0.3) is 0 Å². The number of ether oxygens (including phenoxy) is 1. The summed E-state index contributed by atoms with van der Waals surface area (Å²) in [7, 11) is 0. The topological polar surface area (TPSA) is 81.4 Å². The lowest BCUT2D eigenvalue weighted by atomic mass is 10.4. The Labute approximate surface area is 64.9 Å². The van der Waals surface area contributed by atoms with Crippen molar-refractivity contribution >= 4 is 12.0 Å². The van der Waals surface area contributed by atoms with Crippen molar-refractivity contribution in [3.63, 3.8) is 0 Å². The first-order valence-corrected chi connectivity index (χ1v) is 3.23. The monoisotopic (exact) mass is 160 g/mol. The van der Waals surface area contributed by atoms with Crippen molar-refractivity contribution in [2.75, 3.05) is 6.54 Å². The molecule has 3 N–H and O–H groups in total. The molecule has 0 aliphatic heterocycles. The Morgan fingerprint density at radius 2 is 2.18 bits per heavy atom. The summed E-state index contributed by atoms with van der Waals surface area (Å²) in [4.78, 5) is 20.5. The lowest BCUT2D eigenvalue weighted by Gasteiger charge is -2.10. The van der Waals surface area contributed by atoms with E-state index in [0.717, 1.165) is 0 Å². The highest BCUT2D eigenvalue weighted by atomic mass is 16.6. The number of nitrogens with one attached hydrogen (secondary N) is 1. The number of nitrogens with two attached hydrogens (primary N) is 1. The molecule has 1 unspecified atom stereocenters. The van der Waals surface area contributed by atoms with Crippen LogP contribution < -0.4 is 11.1 Å². The molecule has 0 fully saturated rings. The summed E-state index contributed by atoms with van der Waals surface area (Å²) in [6, 6.07) is 0. The van der Waals surface area contributed by atoms with Crippen LogP contribution in [-0.4, -0.2) is 24.6 Å². The summed E-state index contributed by atoms with van der Waals surface area (Å²) in [5.41, 5.74) is 4.73. The molecule has 0 aromatic heterocycles. The van der Waals surface area contributed by atoms with Gasteiger partial charge in [-0.05, 0) is 6.92 Å². The van der Waals surface area contributed by atoms with Crippen molar-refractivity contribution in [3.05, 3.63) is 0 Å². The van der Waals surface area contributed by atoms with Crippen molar-refractivity contribution in [2.45, 2.75) is 20.0 Å². The number of hydrogen-bond donors (Lipinski definition) is 2. The van der Waals surface area contributed by atoms with Gasteiger partial charge in [0.1, 0.15) is 6.10 Å². The number of hydrogen-bond acceptors (Lipinski definition) is 3. The minimum absolute atomic E-state index is 0.162. The van der Waals surface area contributed by atoms with E-state index >= 15 is 0 Å². The second-order valence-corrected chi connectivity index (χ2v) is 2.18. The van der Waals surface area contributed by atoms with E-state index in [1.54, 1.807) is 6.92 Å². The predicted molar refractivity (Wildman–Crippen MR) is 38.8 cm³/mol. The molecule has 0 heterocycles. The van der Waals surface area contributed by atoms with Crippen molar-refractivity contribution in [3.8, 4) is 0 Å². The molecule has 0 radical (unpaired) electrons. The first-order chi connectivity index (χ1) is 5.02. The molecule has 0 spiro atoms. The second-order valence-electron chi connectivity index (χ2n) is 2.18. The van der Waals surface area contributed by atoms with E-state index in [9.17, 15) is 9.59 Å². The average molecular weight is 160 g/mol. The van der Waals surface area contributed by atoms with Crippen LogP contribution in [0.2, 0.25) is 0 Å². The summed E-state index contributed by atoms with van der Waals surface area (Å²) < 4.78 is 4.52. The first-order valence-electron chi connectivity index (χ1n) is 3.23. The SMILES string of the molecule is CC(=O)NCC(C)OC(N)=O. The average Bonchev–Trinajstić information content (AvgIpc) is 1.82. The minimum Gasteiger partial charge on any atom is -0.445 e. The molecule has 0 aromatic rings. The standard InChI is InChI=1S/C6H12N2O3/c1-4(11-6(7)10)3-8-5(2)9/h4H,3H2,1-2H3,(H2,7,10)(H,8,9). The summed E-state index contributed by atoms with van der Waals surface area (Å²) >= 11 is 0. The van der Waals surface area contributed by atoms with Gasteiger partial charge in [0.05, 0.1) is 6.54 Å². The molecule has 64 valence electrons. The van der Waals surface area contributed by atoms with E-state index in [2.05, 4.69) is 10.1 Å². The fourth-order valence-corrected chi connectivity index (χ4v) is 0.527. The highest BCUT2D eigenvalue weighted by Crippen LogP contribution is 1.86. The lowest BCUT2D eigenvalue weighted by molar-refractivity contribution is -0.119. The van der Waals surface area contributed by atoms with Gasteiger partial charge in [0.2, 0.25) is 5.91 Å². The number of carbonyl (C=O) groups is 2. The van der Waals surface area contributed by atoms with Crippen LogP contribution in [0.1, 0.15) is 13.8 Å². The lowest BCUT2D eigenvalue weighted by Crippen LogP contribution is -2.33. The maximum atomic E-state index is 10.4. The Bertz CT molecular complexity index is 158. The maximum Gasteiger partial charge on any atom is 0.404 e. The van der Waals surface area contributed by atoms with E-state index in [1.165, 1.54) is 6.92 Å². The molecule has 0 saturated carbocycles. The maximum absolute atomic E-state index is 10.4. The number of carbonyl (C=O) groups excluding carboxylic acids is 2. The summed E-state index contributed by atoms with van der Waals surface area (Å²) in [5.74, 6) is -0.162. The molecule has 5 heteroatoms. The third-order valence-corrected chi connectivity index (χ3v) is 0.956. The highest BCUT2D eigenvalue weighted by Gasteiger charge is 2.05. The van der Waals surface area contributed by atoms with Crippen molar-refractivity contribution in [1.29, 1.82) is 0 Å². The van der Waals surface area contributed by atoms with Gasteiger partial charge < -0.3 is 15.8 Å². The van der Waals surface area contributed by atoms with Gasteiger partial charge in [-0.1, -0.05) is 0 Å². The molecular weight excluding hydrogens is 148 g/mol. The summed E-state index contributed by atoms with van der Waals surface area (Å²) in [5, 5.41) is 2.48. The largest absolute Gasteiger partial charge is 0.445 e. The van der Waals surface area contributed by atoms with Crippen molar-refractivity contribution in [2.24, 2.45) is 5.73 Å². The fraction of sp³-hybridized carbons (Fsp3) is 0.667.